The molecule has 0 radical (unpaired) electrons. The molecule has 96 valence electrons. The van der Waals surface area contributed by atoms with E-state index in [1.807, 2.05) is 24.7 Å². The number of aryl methyl sites for hydroxylation is 2. The maximum atomic E-state index is 4.46. The summed E-state index contributed by atoms with van der Waals surface area (Å²) in [5.41, 5.74) is 1.06. The summed E-state index contributed by atoms with van der Waals surface area (Å²) >= 11 is 0. The van der Waals surface area contributed by atoms with E-state index in [4.69, 9.17) is 0 Å². The number of nitrogens with zero attached hydrogens (tertiary/aromatic N) is 4. The van der Waals surface area contributed by atoms with Gasteiger partial charge in [-0.3, -0.25) is 4.90 Å². The third-order valence-corrected chi connectivity index (χ3v) is 3.47. The van der Waals surface area contributed by atoms with Gasteiger partial charge < -0.3 is 14.8 Å². The number of piperazine rings is 1. The summed E-state index contributed by atoms with van der Waals surface area (Å²) in [6.07, 6.45) is 2.04. The molecule has 1 fully saturated rings. The van der Waals surface area contributed by atoms with Crippen LogP contribution < -0.4 is 5.32 Å². The number of nitrogens with one attached hydrogen (secondary N) is 1. The fourth-order valence-corrected chi connectivity index (χ4v) is 2.31. The Hall–Kier alpha value is -1.07. The van der Waals surface area contributed by atoms with Gasteiger partial charge in [0.2, 0.25) is 5.95 Å². The van der Waals surface area contributed by atoms with Gasteiger partial charge >= 0.3 is 0 Å². The molecular formula is C12H23N5. The minimum atomic E-state index is 0.561. The first-order valence-electron chi connectivity index (χ1n) is 6.19. The smallest absolute Gasteiger partial charge is 0.202 e. The van der Waals surface area contributed by atoms with Crippen LogP contribution in [0.5, 0.6) is 0 Å². The standard InChI is InChI=1S/C12H23N5/c1-10-8-17(4)12(14-10)13-7-11-9-15(2)5-6-16(11)3/h8,11H,5-7,9H2,1-4H3,(H,13,14). The van der Waals surface area contributed by atoms with E-state index >= 15 is 0 Å². The first-order chi connectivity index (χ1) is 8.06. The van der Waals surface area contributed by atoms with E-state index in [0.29, 0.717) is 6.04 Å². The fraction of sp³-hybridized carbons (Fsp3) is 0.750. The largest absolute Gasteiger partial charge is 0.354 e. The second-order valence-electron chi connectivity index (χ2n) is 5.09. The predicted molar refractivity (Wildman–Crippen MR) is 70.3 cm³/mol. The van der Waals surface area contributed by atoms with Crippen molar-refractivity contribution < 1.29 is 0 Å². The van der Waals surface area contributed by atoms with Crippen molar-refractivity contribution in [3.8, 4) is 0 Å². The number of hydrogen-bond acceptors (Lipinski definition) is 4. The van der Waals surface area contributed by atoms with Crippen molar-refractivity contribution in [3.63, 3.8) is 0 Å². The van der Waals surface area contributed by atoms with E-state index in [-0.39, 0.29) is 0 Å². The van der Waals surface area contributed by atoms with E-state index < -0.39 is 0 Å². The Bertz CT molecular complexity index is 373. The Morgan fingerprint density at radius 3 is 2.76 bits per heavy atom. The topological polar surface area (TPSA) is 36.3 Å². The molecular weight excluding hydrogens is 214 g/mol. The van der Waals surface area contributed by atoms with Crippen molar-refractivity contribution in [2.75, 3.05) is 45.6 Å². The van der Waals surface area contributed by atoms with Crippen LogP contribution in [0.4, 0.5) is 5.95 Å². The quantitative estimate of drug-likeness (QED) is 0.825. The van der Waals surface area contributed by atoms with Crippen LogP contribution in [-0.2, 0) is 7.05 Å². The lowest BCUT2D eigenvalue weighted by molar-refractivity contribution is 0.121. The van der Waals surface area contributed by atoms with Gasteiger partial charge in [0.05, 0.1) is 5.69 Å². The van der Waals surface area contributed by atoms with Gasteiger partial charge in [0.15, 0.2) is 0 Å². The molecule has 1 aliphatic rings. The minimum Gasteiger partial charge on any atom is -0.354 e. The van der Waals surface area contributed by atoms with Gasteiger partial charge in [-0.15, -0.1) is 0 Å². The number of likely N-dealkylation sites (N-methyl/N-ethyl adjacent to an activating group) is 2. The molecule has 5 nitrogen and oxygen atoms in total. The van der Waals surface area contributed by atoms with Crippen molar-refractivity contribution in [2.24, 2.45) is 7.05 Å². The minimum absolute atomic E-state index is 0.561. The van der Waals surface area contributed by atoms with Gasteiger partial charge in [0.25, 0.3) is 0 Å². The third-order valence-electron chi connectivity index (χ3n) is 3.47. The second kappa shape index (κ2) is 5.06. The lowest BCUT2D eigenvalue weighted by atomic mass is 10.2. The maximum Gasteiger partial charge on any atom is 0.202 e. The summed E-state index contributed by atoms with van der Waals surface area (Å²) in [5, 5.41) is 3.44. The van der Waals surface area contributed by atoms with Crippen molar-refractivity contribution in [1.29, 1.82) is 0 Å². The summed E-state index contributed by atoms with van der Waals surface area (Å²) in [6.45, 7) is 6.39. The Morgan fingerprint density at radius 1 is 1.35 bits per heavy atom. The zero-order chi connectivity index (χ0) is 12.4. The highest BCUT2D eigenvalue weighted by atomic mass is 15.3. The Labute approximate surface area is 103 Å². The number of rotatable bonds is 3. The van der Waals surface area contributed by atoms with Crippen molar-refractivity contribution in [2.45, 2.75) is 13.0 Å². The molecule has 2 heterocycles. The lowest BCUT2D eigenvalue weighted by Crippen LogP contribution is -2.52. The number of imidazole rings is 1. The van der Waals surface area contributed by atoms with Gasteiger partial charge in [-0.2, -0.15) is 0 Å². The predicted octanol–water partition coefficient (Wildman–Crippen LogP) is 0.386. The van der Waals surface area contributed by atoms with Crippen LogP contribution in [0.3, 0.4) is 0 Å². The monoisotopic (exact) mass is 237 g/mol. The van der Waals surface area contributed by atoms with Gasteiger partial charge in [0, 0.05) is 45.5 Å². The average molecular weight is 237 g/mol. The number of hydrogen-bond donors (Lipinski definition) is 1. The molecule has 1 N–H and O–H groups in total. The van der Waals surface area contributed by atoms with Crippen LogP contribution in [0.1, 0.15) is 5.69 Å². The van der Waals surface area contributed by atoms with E-state index in [2.05, 4.69) is 34.2 Å². The number of anilines is 1. The Morgan fingerprint density at radius 2 is 2.12 bits per heavy atom. The van der Waals surface area contributed by atoms with E-state index in [1.165, 1.54) is 0 Å². The molecule has 1 atom stereocenters. The molecule has 5 heteroatoms. The highest BCUT2D eigenvalue weighted by Crippen LogP contribution is 2.09. The molecule has 0 spiro atoms. The molecule has 0 amide bonds. The van der Waals surface area contributed by atoms with Gasteiger partial charge in [0.1, 0.15) is 0 Å². The average Bonchev–Trinajstić information content (AvgIpc) is 2.59. The van der Waals surface area contributed by atoms with Crippen LogP contribution in [0.15, 0.2) is 6.20 Å². The molecule has 1 saturated heterocycles. The van der Waals surface area contributed by atoms with E-state index in [0.717, 1.165) is 37.8 Å². The molecule has 0 bridgehead atoms. The fourth-order valence-electron chi connectivity index (χ4n) is 2.31. The zero-order valence-electron chi connectivity index (χ0n) is 11.3. The Balaban J connectivity index is 1.90. The summed E-state index contributed by atoms with van der Waals surface area (Å²) in [6, 6.07) is 0.561. The molecule has 1 aromatic heterocycles. The highest BCUT2D eigenvalue weighted by Gasteiger charge is 2.22. The maximum absolute atomic E-state index is 4.46. The first-order valence-corrected chi connectivity index (χ1v) is 6.19. The van der Waals surface area contributed by atoms with Crippen molar-refractivity contribution in [1.82, 2.24) is 19.4 Å². The Kier molecular flexibility index (Phi) is 3.69. The number of aromatic nitrogens is 2. The summed E-state index contributed by atoms with van der Waals surface area (Å²) in [5.74, 6) is 0.962. The van der Waals surface area contributed by atoms with Crippen molar-refractivity contribution in [3.05, 3.63) is 11.9 Å². The molecule has 0 aromatic carbocycles. The third kappa shape index (κ3) is 2.98. The van der Waals surface area contributed by atoms with Gasteiger partial charge in [-0.05, 0) is 21.0 Å². The molecule has 0 saturated carbocycles. The zero-order valence-corrected chi connectivity index (χ0v) is 11.3. The highest BCUT2D eigenvalue weighted by molar-refractivity contribution is 5.28. The first kappa shape index (κ1) is 12.4. The molecule has 2 rings (SSSR count). The van der Waals surface area contributed by atoms with Crippen LogP contribution in [0.25, 0.3) is 0 Å². The van der Waals surface area contributed by atoms with E-state index in [1.54, 1.807) is 0 Å². The molecule has 1 aliphatic heterocycles. The second-order valence-corrected chi connectivity index (χ2v) is 5.09. The van der Waals surface area contributed by atoms with Gasteiger partial charge in [-0.1, -0.05) is 0 Å². The normalized spacial score (nSPS) is 22.9. The summed E-state index contributed by atoms with van der Waals surface area (Å²) < 4.78 is 2.04. The molecule has 17 heavy (non-hydrogen) atoms. The SMILES string of the molecule is Cc1cn(C)c(NCC2CN(C)CCN2C)n1. The van der Waals surface area contributed by atoms with E-state index in [9.17, 15) is 0 Å². The van der Waals surface area contributed by atoms with Crippen LogP contribution in [0.2, 0.25) is 0 Å². The van der Waals surface area contributed by atoms with Crippen LogP contribution in [0, 0.1) is 6.92 Å². The summed E-state index contributed by atoms with van der Waals surface area (Å²) in [7, 11) is 6.41. The molecule has 1 unspecified atom stereocenters. The van der Waals surface area contributed by atoms with Gasteiger partial charge in [-0.25, -0.2) is 4.98 Å². The van der Waals surface area contributed by atoms with Crippen LogP contribution in [-0.4, -0.2) is 65.7 Å². The van der Waals surface area contributed by atoms with Crippen molar-refractivity contribution >= 4 is 5.95 Å². The lowest BCUT2D eigenvalue weighted by Gasteiger charge is -2.37. The van der Waals surface area contributed by atoms with Crippen LogP contribution >= 0.6 is 0 Å². The molecule has 1 aromatic rings. The summed E-state index contributed by atoms with van der Waals surface area (Å²) in [4.78, 5) is 9.26. The molecule has 0 aliphatic carbocycles.